The van der Waals surface area contributed by atoms with Crippen LogP contribution in [0.4, 0.5) is 11.4 Å². The fourth-order valence-electron chi connectivity index (χ4n) is 2.20. The largest absolute Gasteiger partial charge is 0.481 e. The number of nitrogens with zero attached hydrogens (tertiary/aromatic N) is 1. The van der Waals surface area contributed by atoms with Crippen LogP contribution in [0.25, 0.3) is 0 Å². The van der Waals surface area contributed by atoms with Crippen LogP contribution in [0, 0.1) is 0 Å². The number of rotatable bonds is 6. The standard InChI is InChI=1S/C14H20N2O3/c15-11-5-6-12-13(9-11)19-10-14(18)16(12)7-3-1-2-4-8-17/h5-6,9,17H,1-4,7-8,10,15H2. The summed E-state index contributed by atoms with van der Waals surface area (Å²) in [4.78, 5) is 13.7. The molecule has 0 aliphatic carbocycles. The number of fused-ring (bicyclic) bond motifs is 1. The Kier molecular flexibility index (Phi) is 4.63. The highest BCUT2D eigenvalue weighted by molar-refractivity contribution is 5.98. The van der Waals surface area contributed by atoms with E-state index in [1.165, 1.54) is 0 Å². The van der Waals surface area contributed by atoms with Gasteiger partial charge >= 0.3 is 0 Å². The zero-order chi connectivity index (χ0) is 13.7. The van der Waals surface area contributed by atoms with Gasteiger partial charge in [-0.15, -0.1) is 0 Å². The number of nitrogen functional groups attached to an aromatic ring is 1. The van der Waals surface area contributed by atoms with E-state index in [-0.39, 0.29) is 19.1 Å². The first-order valence-electron chi connectivity index (χ1n) is 6.66. The normalized spacial score (nSPS) is 14.2. The molecule has 1 aromatic carbocycles. The van der Waals surface area contributed by atoms with Gasteiger partial charge in [-0.1, -0.05) is 12.8 Å². The number of carbonyl (C=O) groups is 1. The summed E-state index contributed by atoms with van der Waals surface area (Å²) in [6.45, 7) is 0.996. The quantitative estimate of drug-likeness (QED) is 0.603. The number of aliphatic hydroxyl groups is 1. The van der Waals surface area contributed by atoms with Crippen LogP contribution in [-0.2, 0) is 4.79 Å². The average molecular weight is 264 g/mol. The molecule has 0 radical (unpaired) electrons. The van der Waals surface area contributed by atoms with Crippen molar-refractivity contribution >= 4 is 17.3 Å². The van der Waals surface area contributed by atoms with Crippen molar-refractivity contribution in [2.24, 2.45) is 0 Å². The van der Waals surface area contributed by atoms with E-state index in [0.717, 1.165) is 31.4 Å². The van der Waals surface area contributed by atoms with Gasteiger partial charge in [0.25, 0.3) is 5.91 Å². The second kappa shape index (κ2) is 6.43. The number of amides is 1. The monoisotopic (exact) mass is 264 g/mol. The van der Waals surface area contributed by atoms with Crippen LogP contribution in [0.1, 0.15) is 25.7 Å². The van der Waals surface area contributed by atoms with Gasteiger partial charge in [0.15, 0.2) is 6.61 Å². The van der Waals surface area contributed by atoms with E-state index in [9.17, 15) is 4.79 Å². The SMILES string of the molecule is Nc1ccc2c(c1)OCC(=O)N2CCCCCCO. The summed E-state index contributed by atoms with van der Waals surface area (Å²) in [5.74, 6) is 0.661. The topological polar surface area (TPSA) is 75.8 Å². The minimum atomic E-state index is -0.0144. The number of carbonyl (C=O) groups excluding carboxylic acids is 1. The third-order valence-electron chi connectivity index (χ3n) is 3.22. The van der Waals surface area contributed by atoms with Crippen LogP contribution >= 0.6 is 0 Å². The highest BCUT2D eigenvalue weighted by atomic mass is 16.5. The van der Waals surface area contributed by atoms with Gasteiger partial charge in [-0.05, 0) is 25.0 Å². The molecule has 3 N–H and O–H groups in total. The van der Waals surface area contributed by atoms with Gasteiger partial charge in [0.05, 0.1) is 5.69 Å². The Balaban J connectivity index is 1.98. The second-order valence-corrected chi connectivity index (χ2v) is 4.70. The average Bonchev–Trinajstić information content (AvgIpc) is 2.41. The minimum absolute atomic E-state index is 0.0144. The molecular formula is C14H20N2O3. The van der Waals surface area contributed by atoms with Crippen molar-refractivity contribution in [3.8, 4) is 5.75 Å². The van der Waals surface area contributed by atoms with Crippen molar-refractivity contribution in [1.29, 1.82) is 0 Å². The Bertz CT molecular complexity index is 448. The first-order valence-corrected chi connectivity index (χ1v) is 6.66. The van der Waals surface area contributed by atoms with E-state index in [0.29, 0.717) is 18.0 Å². The molecule has 1 aliphatic heterocycles. The third-order valence-corrected chi connectivity index (χ3v) is 3.22. The lowest BCUT2D eigenvalue weighted by atomic mass is 10.1. The lowest BCUT2D eigenvalue weighted by Gasteiger charge is -2.29. The lowest BCUT2D eigenvalue weighted by Crippen LogP contribution is -2.39. The van der Waals surface area contributed by atoms with Crippen LogP contribution in [0.15, 0.2) is 18.2 Å². The number of anilines is 2. The Morgan fingerprint density at radius 1 is 1.26 bits per heavy atom. The van der Waals surface area contributed by atoms with E-state index < -0.39 is 0 Å². The number of hydrogen-bond acceptors (Lipinski definition) is 4. The van der Waals surface area contributed by atoms with E-state index in [4.69, 9.17) is 15.6 Å². The van der Waals surface area contributed by atoms with Gasteiger partial charge in [-0.3, -0.25) is 4.79 Å². The van der Waals surface area contributed by atoms with E-state index >= 15 is 0 Å². The van der Waals surface area contributed by atoms with Gasteiger partial charge in [0.2, 0.25) is 0 Å². The molecule has 1 aliphatic rings. The summed E-state index contributed by atoms with van der Waals surface area (Å²) in [7, 11) is 0. The molecule has 0 bridgehead atoms. The zero-order valence-electron chi connectivity index (χ0n) is 11.0. The molecule has 5 nitrogen and oxygen atoms in total. The molecule has 0 saturated carbocycles. The fourth-order valence-corrected chi connectivity index (χ4v) is 2.20. The molecule has 0 spiro atoms. The number of aliphatic hydroxyl groups excluding tert-OH is 1. The summed E-state index contributed by atoms with van der Waals surface area (Å²) < 4.78 is 5.39. The summed E-state index contributed by atoms with van der Waals surface area (Å²) >= 11 is 0. The maximum atomic E-state index is 11.9. The Morgan fingerprint density at radius 2 is 2.05 bits per heavy atom. The Hall–Kier alpha value is -1.75. The van der Waals surface area contributed by atoms with E-state index in [1.807, 2.05) is 6.07 Å². The van der Waals surface area contributed by atoms with Crippen molar-refractivity contribution in [2.75, 3.05) is 30.4 Å². The van der Waals surface area contributed by atoms with Crippen molar-refractivity contribution in [1.82, 2.24) is 0 Å². The predicted octanol–water partition coefficient (Wildman–Crippen LogP) is 1.55. The lowest BCUT2D eigenvalue weighted by molar-refractivity contribution is -0.121. The summed E-state index contributed by atoms with van der Waals surface area (Å²) in [6, 6.07) is 5.36. The Labute approximate surface area is 113 Å². The van der Waals surface area contributed by atoms with Crippen LogP contribution < -0.4 is 15.4 Å². The van der Waals surface area contributed by atoms with Crippen molar-refractivity contribution in [3.63, 3.8) is 0 Å². The molecule has 0 aromatic heterocycles. The van der Waals surface area contributed by atoms with E-state index in [1.54, 1.807) is 17.0 Å². The highest BCUT2D eigenvalue weighted by Gasteiger charge is 2.24. The number of hydrogen-bond donors (Lipinski definition) is 2. The molecular weight excluding hydrogens is 244 g/mol. The number of nitrogens with two attached hydrogens (primary N) is 1. The molecule has 19 heavy (non-hydrogen) atoms. The van der Waals surface area contributed by atoms with Crippen LogP contribution in [0.2, 0.25) is 0 Å². The molecule has 0 unspecified atom stereocenters. The molecule has 1 aromatic rings. The summed E-state index contributed by atoms with van der Waals surface area (Å²) in [5, 5.41) is 8.72. The summed E-state index contributed by atoms with van der Waals surface area (Å²) in [6.07, 6.45) is 3.75. The number of unbranched alkanes of at least 4 members (excludes halogenated alkanes) is 3. The van der Waals surface area contributed by atoms with Crippen molar-refractivity contribution in [3.05, 3.63) is 18.2 Å². The smallest absolute Gasteiger partial charge is 0.265 e. The second-order valence-electron chi connectivity index (χ2n) is 4.70. The van der Waals surface area contributed by atoms with E-state index in [2.05, 4.69) is 0 Å². The molecule has 2 rings (SSSR count). The van der Waals surface area contributed by atoms with Crippen LogP contribution in [0.5, 0.6) is 5.75 Å². The minimum Gasteiger partial charge on any atom is -0.481 e. The third kappa shape index (κ3) is 3.38. The summed E-state index contributed by atoms with van der Waals surface area (Å²) in [5.41, 5.74) is 7.14. The van der Waals surface area contributed by atoms with Crippen LogP contribution in [-0.4, -0.2) is 30.8 Å². The molecule has 0 atom stereocenters. The fraction of sp³-hybridized carbons (Fsp3) is 0.500. The van der Waals surface area contributed by atoms with Crippen LogP contribution in [0.3, 0.4) is 0 Å². The molecule has 1 heterocycles. The highest BCUT2D eigenvalue weighted by Crippen LogP contribution is 2.33. The molecule has 1 amide bonds. The molecule has 0 fully saturated rings. The van der Waals surface area contributed by atoms with Gasteiger partial charge < -0.3 is 20.5 Å². The zero-order valence-corrected chi connectivity index (χ0v) is 11.0. The predicted molar refractivity (Wildman–Crippen MR) is 74.3 cm³/mol. The number of benzene rings is 1. The molecule has 0 saturated heterocycles. The van der Waals surface area contributed by atoms with Gasteiger partial charge in [-0.25, -0.2) is 0 Å². The number of ether oxygens (including phenoxy) is 1. The van der Waals surface area contributed by atoms with Crippen molar-refractivity contribution in [2.45, 2.75) is 25.7 Å². The van der Waals surface area contributed by atoms with Gasteiger partial charge in [-0.2, -0.15) is 0 Å². The first kappa shape index (κ1) is 13.7. The maximum Gasteiger partial charge on any atom is 0.265 e. The molecule has 104 valence electrons. The molecule has 5 heteroatoms. The first-order chi connectivity index (χ1) is 9.22. The van der Waals surface area contributed by atoms with Gasteiger partial charge in [0, 0.05) is 24.9 Å². The maximum absolute atomic E-state index is 11.9. The van der Waals surface area contributed by atoms with Crippen molar-refractivity contribution < 1.29 is 14.6 Å². The Morgan fingerprint density at radius 3 is 2.84 bits per heavy atom. The van der Waals surface area contributed by atoms with Gasteiger partial charge in [0.1, 0.15) is 5.75 Å².